The molecular formula is C14H26F3N5O. The summed E-state index contributed by atoms with van der Waals surface area (Å²) in [6.45, 7) is 4.97. The van der Waals surface area contributed by atoms with Crippen molar-refractivity contribution >= 4 is 5.96 Å². The number of nitrogens with two attached hydrogens (primary N) is 1. The maximum Gasteiger partial charge on any atom is 0.401 e. The minimum absolute atomic E-state index is 0.0552. The molecule has 0 spiro atoms. The molecule has 2 fully saturated rings. The lowest BCUT2D eigenvalue weighted by atomic mass is 10.3. The van der Waals surface area contributed by atoms with E-state index < -0.39 is 12.7 Å². The molecule has 1 unspecified atom stereocenters. The lowest BCUT2D eigenvalue weighted by Crippen LogP contribution is -2.42. The topological polar surface area (TPSA) is 66.1 Å². The van der Waals surface area contributed by atoms with Crippen molar-refractivity contribution in [3.05, 3.63) is 0 Å². The molecule has 0 aromatic rings. The fourth-order valence-corrected chi connectivity index (χ4v) is 2.92. The van der Waals surface area contributed by atoms with Crippen molar-refractivity contribution in [1.82, 2.24) is 15.1 Å². The van der Waals surface area contributed by atoms with Crippen LogP contribution in [0.1, 0.15) is 12.8 Å². The Morgan fingerprint density at radius 2 is 1.96 bits per heavy atom. The van der Waals surface area contributed by atoms with Gasteiger partial charge in [-0.15, -0.1) is 0 Å². The van der Waals surface area contributed by atoms with Crippen molar-refractivity contribution in [3.63, 3.8) is 0 Å². The van der Waals surface area contributed by atoms with Crippen molar-refractivity contribution in [1.29, 1.82) is 0 Å². The fourth-order valence-electron chi connectivity index (χ4n) is 2.92. The van der Waals surface area contributed by atoms with E-state index in [1.807, 2.05) is 0 Å². The molecule has 3 N–H and O–H groups in total. The number of hydrogen-bond donors (Lipinski definition) is 2. The van der Waals surface area contributed by atoms with Gasteiger partial charge in [0.05, 0.1) is 19.8 Å². The first kappa shape index (κ1) is 18.3. The number of halogens is 3. The lowest BCUT2D eigenvalue weighted by Gasteiger charge is -2.26. The number of morpholine rings is 1. The van der Waals surface area contributed by atoms with Crippen LogP contribution >= 0.6 is 0 Å². The van der Waals surface area contributed by atoms with Gasteiger partial charge < -0.3 is 15.8 Å². The average Bonchev–Trinajstić information content (AvgIpc) is 2.89. The molecule has 9 heteroatoms. The normalized spacial score (nSPS) is 25.0. The average molecular weight is 337 g/mol. The molecule has 23 heavy (non-hydrogen) atoms. The van der Waals surface area contributed by atoms with Crippen LogP contribution in [0.5, 0.6) is 0 Å². The zero-order valence-electron chi connectivity index (χ0n) is 13.3. The molecule has 6 nitrogen and oxygen atoms in total. The van der Waals surface area contributed by atoms with Crippen molar-refractivity contribution < 1.29 is 17.9 Å². The number of aliphatic imine (C=N–C) groups is 1. The fraction of sp³-hybridized carbons (Fsp3) is 0.929. The predicted octanol–water partition coefficient (Wildman–Crippen LogP) is 0.250. The highest BCUT2D eigenvalue weighted by Crippen LogP contribution is 2.19. The van der Waals surface area contributed by atoms with E-state index in [0.29, 0.717) is 32.0 Å². The third-order valence-corrected chi connectivity index (χ3v) is 4.05. The van der Waals surface area contributed by atoms with Crippen LogP contribution in [0.2, 0.25) is 0 Å². The molecule has 2 aliphatic rings. The van der Waals surface area contributed by atoms with Crippen molar-refractivity contribution in [2.45, 2.75) is 25.1 Å². The predicted molar refractivity (Wildman–Crippen MR) is 82.4 cm³/mol. The van der Waals surface area contributed by atoms with Gasteiger partial charge in [-0.3, -0.25) is 14.8 Å². The van der Waals surface area contributed by atoms with Crippen LogP contribution in [0.4, 0.5) is 13.2 Å². The maximum atomic E-state index is 12.3. The van der Waals surface area contributed by atoms with Crippen LogP contribution in [0.15, 0.2) is 4.99 Å². The number of alkyl halides is 3. The Labute approximate surface area is 134 Å². The second-order valence-corrected chi connectivity index (χ2v) is 6.05. The van der Waals surface area contributed by atoms with E-state index in [-0.39, 0.29) is 6.04 Å². The summed E-state index contributed by atoms with van der Waals surface area (Å²) >= 11 is 0. The highest BCUT2D eigenvalue weighted by molar-refractivity contribution is 5.78. The molecule has 0 aromatic heterocycles. The molecule has 0 bridgehead atoms. The molecule has 2 saturated heterocycles. The Morgan fingerprint density at radius 1 is 1.22 bits per heavy atom. The van der Waals surface area contributed by atoms with E-state index in [9.17, 15) is 13.2 Å². The smallest absolute Gasteiger partial charge is 0.379 e. The Balaban J connectivity index is 1.59. The summed E-state index contributed by atoms with van der Waals surface area (Å²) in [6, 6.07) is -0.0552. The van der Waals surface area contributed by atoms with Gasteiger partial charge in [0.2, 0.25) is 0 Å². The summed E-state index contributed by atoms with van der Waals surface area (Å²) in [6.07, 6.45) is -2.58. The van der Waals surface area contributed by atoms with Gasteiger partial charge in [-0.2, -0.15) is 13.2 Å². The largest absolute Gasteiger partial charge is 0.401 e. The summed E-state index contributed by atoms with van der Waals surface area (Å²) in [7, 11) is 0. The summed E-state index contributed by atoms with van der Waals surface area (Å²) in [5.74, 6) is 0.325. The van der Waals surface area contributed by atoms with Crippen molar-refractivity contribution in [2.75, 3.05) is 59.0 Å². The van der Waals surface area contributed by atoms with Gasteiger partial charge in [-0.1, -0.05) is 0 Å². The monoisotopic (exact) mass is 337 g/mol. The van der Waals surface area contributed by atoms with Crippen LogP contribution in [0, 0.1) is 0 Å². The Bertz CT molecular complexity index is 385. The number of ether oxygens (including phenoxy) is 1. The molecule has 0 amide bonds. The Morgan fingerprint density at radius 3 is 2.65 bits per heavy atom. The van der Waals surface area contributed by atoms with E-state index in [0.717, 1.165) is 39.3 Å². The van der Waals surface area contributed by atoms with Gasteiger partial charge in [0, 0.05) is 45.3 Å². The number of nitrogens with one attached hydrogen (secondary N) is 1. The summed E-state index contributed by atoms with van der Waals surface area (Å²) in [5.41, 5.74) is 5.81. The third-order valence-electron chi connectivity index (χ3n) is 4.05. The van der Waals surface area contributed by atoms with Crippen LogP contribution in [0.3, 0.4) is 0 Å². The van der Waals surface area contributed by atoms with Crippen LogP contribution in [0.25, 0.3) is 0 Å². The quantitative estimate of drug-likeness (QED) is 0.413. The zero-order chi connectivity index (χ0) is 16.7. The second kappa shape index (κ2) is 8.70. The lowest BCUT2D eigenvalue weighted by molar-refractivity contribution is -0.143. The Hall–Kier alpha value is -1.06. The molecule has 2 aliphatic heterocycles. The Kier molecular flexibility index (Phi) is 6.91. The molecule has 2 heterocycles. The number of guanidine groups is 1. The number of rotatable bonds is 6. The number of likely N-dealkylation sites (tertiary alicyclic amines) is 1. The van der Waals surface area contributed by atoms with Crippen LogP contribution in [-0.2, 0) is 4.74 Å². The number of hydrogen-bond acceptors (Lipinski definition) is 4. The molecule has 134 valence electrons. The first-order valence-electron chi connectivity index (χ1n) is 8.08. The van der Waals surface area contributed by atoms with Gasteiger partial charge in [0.25, 0.3) is 0 Å². The molecular weight excluding hydrogens is 311 g/mol. The standard InChI is InChI=1S/C14H26F3N5O/c15-14(16,17)11-22-5-2-12(10-22)20-13(18)19-3-1-4-21-6-8-23-9-7-21/h12H,1-11H2,(H3,18,19,20). The van der Waals surface area contributed by atoms with E-state index in [2.05, 4.69) is 15.2 Å². The third kappa shape index (κ3) is 7.36. The maximum absolute atomic E-state index is 12.3. The highest BCUT2D eigenvalue weighted by atomic mass is 19.4. The van der Waals surface area contributed by atoms with Gasteiger partial charge in [-0.25, -0.2) is 0 Å². The number of nitrogens with zero attached hydrogens (tertiary/aromatic N) is 3. The van der Waals surface area contributed by atoms with E-state index in [1.165, 1.54) is 4.90 Å². The zero-order valence-corrected chi connectivity index (χ0v) is 13.3. The molecule has 0 saturated carbocycles. The molecule has 0 radical (unpaired) electrons. The van der Waals surface area contributed by atoms with Crippen LogP contribution < -0.4 is 11.1 Å². The minimum atomic E-state index is -4.14. The summed E-state index contributed by atoms with van der Waals surface area (Å²) < 4.78 is 42.3. The van der Waals surface area contributed by atoms with E-state index in [4.69, 9.17) is 10.5 Å². The molecule has 0 aliphatic carbocycles. The van der Waals surface area contributed by atoms with Crippen molar-refractivity contribution in [2.24, 2.45) is 10.7 Å². The van der Waals surface area contributed by atoms with E-state index >= 15 is 0 Å². The van der Waals surface area contributed by atoms with Gasteiger partial charge in [0.1, 0.15) is 0 Å². The highest BCUT2D eigenvalue weighted by Gasteiger charge is 2.34. The van der Waals surface area contributed by atoms with Gasteiger partial charge in [-0.05, 0) is 12.8 Å². The van der Waals surface area contributed by atoms with Crippen molar-refractivity contribution in [3.8, 4) is 0 Å². The molecule has 0 aromatic carbocycles. The summed E-state index contributed by atoms with van der Waals surface area (Å²) in [4.78, 5) is 7.98. The SMILES string of the molecule is NC(=NCCCN1CCOCC1)NC1CCN(CC(F)(F)F)C1. The first-order chi connectivity index (χ1) is 10.9. The molecule has 2 rings (SSSR count). The summed E-state index contributed by atoms with van der Waals surface area (Å²) in [5, 5.41) is 3.02. The second-order valence-electron chi connectivity index (χ2n) is 6.05. The molecule has 1 atom stereocenters. The minimum Gasteiger partial charge on any atom is -0.379 e. The van der Waals surface area contributed by atoms with Gasteiger partial charge >= 0.3 is 6.18 Å². The van der Waals surface area contributed by atoms with Gasteiger partial charge in [0.15, 0.2) is 5.96 Å². The first-order valence-corrected chi connectivity index (χ1v) is 8.08. The van der Waals surface area contributed by atoms with E-state index in [1.54, 1.807) is 0 Å². The van der Waals surface area contributed by atoms with Crippen LogP contribution in [-0.4, -0.2) is 87.0 Å².